The summed E-state index contributed by atoms with van der Waals surface area (Å²) in [7, 11) is -2.34. The fraction of sp³-hybridized carbons (Fsp3) is 0.467. The highest BCUT2D eigenvalue weighted by Gasteiger charge is 2.27. The molecular formula is C30H41N3O5S2. The highest BCUT2D eigenvalue weighted by molar-refractivity contribution is 7.89. The number of aliphatic carboxylic acids is 1. The van der Waals surface area contributed by atoms with E-state index >= 15 is 0 Å². The number of aliphatic hydroxyl groups is 1. The number of aryl methyl sites for hydroxylation is 3. The van der Waals surface area contributed by atoms with E-state index in [4.69, 9.17) is 5.11 Å². The largest absolute Gasteiger partial charge is 0.481 e. The number of likely N-dealkylation sites (N-methyl/N-ethyl adjacent to an activating group) is 1. The summed E-state index contributed by atoms with van der Waals surface area (Å²) in [5.74, 6) is -0.881. The number of benzene rings is 1. The van der Waals surface area contributed by atoms with Crippen molar-refractivity contribution in [3.05, 3.63) is 70.0 Å². The maximum absolute atomic E-state index is 13.5. The highest BCUT2D eigenvalue weighted by atomic mass is 32.2. The Bertz CT molecular complexity index is 1360. The van der Waals surface area contributed by atoms with Crippen molar-refractivity contribution in [2.24, 2.45) is 0 Å². The lowest BCUT2D eigenvalue weighted by atomic mass is 9.96. The molecule has 3 aromatic rings. The van der Waals surface area contributed by atoms with Gasteiger partial charge in [-0.3, -0.25) is 9.78 Å². The second-order valence-electron chi connectivity index (χ2n) is 10.8. The molecule has 0 aliphatic carbocycles. The molecule has 1 atom stereocenters. The van der Waals surface area contributed by atoms with Crippen LogP contribution in [0.1, 0.15) is 56.9 Å². The minimum Gasteiger partial charge on any atom is -0.481 e. The SMILES string of the molecule is CCc1cc(-c2cccc(CCC(=O)O)n2)ccc1S(=O)(=O)N(C)C[C@H](O)CNC(C)(C)CCCc1ccsc1. The molecule has 0 aliphatic heterocycles. The Morgan fingerprint density at radius 2 is 1.95 bits per heavy atom. The molecule has 3 rings (SSSR count). The molecule has 1 aromatic carbocycles. The fourth-order valence-electron chi connectivity index (χ4n) is 4.56. The van der Waals surface area contributed by atoms with E-state index in [0.717, 1.165) is 24.8 Å². The monoisotopic (exact) mass is 587 g/mol. The van der Waals surface area contributed by atoms with Crippen molar-refractivity contribution in [2.75, 3.05) is 20.1 Å². The fourth-order valence-corrected chi connectivity index (χ4v) is 6.74. The zero-order valence-corrected chi connectivity index (χ0v) is 25.4. The number of nitrogens with zero attached hydrogens (tertiary/aromatic N) is 2. The molecule has 40 heavy (non-hydrogen) atoms. The molecule has 8 nitrogen and oxygen atoms in total. The van der Waals surface area contributed by atoms with Gasteiger partial charge in [0.25, 0.3) is 0 Å². The summed E-state index contributed by atoms with van der Waals surface area (Å²) < 4.78 is 28.2. The van der Waals surface area contributed by atoms with Gasteiger partial charge in [0, 0.05) is 43.4 Å². The van der Waals surface area contributed by atoms with Crippen molar-refractivity contribution in [2.45, 2.75) is 75.8 Å². The van der Waals surface area contributed by atoms with Gasteiger partial charge in [0.15, 0.2) is 0 Å². The Morgan fingerprint density at radius 1 is 1.18 bits per heavy atom. The van der Waals surface area contributed by atoms with Crippen LogP contribution in [0.25, 0.3) is 11.3 Å². The average molecular weight is 588 g/mol. The Kier molecular flexibility index (Phi) is 11.4. The van der Waals surface area contributed by atoms with Gasteiger partial charge < -0.3 is 15.5 Å². The minimum atomic E-state index is -3.83. The lowest BCUT2D eigenvalue weighted by Gasteiger charge is -2.29. The summed E-state index contributed by atoms with van der Waals surface area (Å²) in [5.41, 5.74) is 3.91. The standard InChI is InChI=1S/C30H41N3O5S2/c1-5-23-18-24(27-10-6-9-25(32-27)12-14-29(35)36)11-13-28(23)40(37,38)33(4)20-26(34)19-31-30(2,3)16-7-8-22-15-17-39-21-22/h6,9-11,13,15,17-18,21,26,31,34H,5,7-8,12,14,16,19-20H2,1-4H3,(H,35,36)/t26-/m1/s1. The van der Waals surface area contributed by atoms with Crippen LogP contribution >= 0.6 is 11.3 Å². The lowest BCUT2D eigenvalue weighted by molar-refractivity contribution is -0.136. The van der Waals surface area contributed by atoms with Crippen LogP contribution in [0.4, 0.5) is 0 Å². The van der Waals surface area contributed by atoms with Crippen LogP contribution < -0.4 is 5.32 Å². The maximum atomic E-state index is 13.5. The topological polar surface area (TPSA) is 120 Å². The summed E-state index contributed by atoms with van der Waals surface area (Å²) in [6.45, 7) is 6.35. The number of thiophene rings is 1. The molecule has 0 bridgehead atoms. The third-order valence-electron chi connectivity index (χ3n) is 6.96. The number of β-amino-alcohol motifs (C(OH)–C–C–N with tert-alkyl or cyclic N) is 1. The van der Waals surface area contributed by atoms with Crippen LogP contribution in [-0.4, -0.2) is 65.7 Å². The molecule has 0 aliphatic rings. The van der Waals surface area contributed by atoms with Gasteiger partial charge in [-0.15, -0.1) is 0 Å². The number of aliphatic hydroxyl groups excluding tert-OH is 1. The van der Waals surface area contributed by atoms with E-state index in [1.807, 2.05) is 25.1 Å². The predicted molar refractivity (Wildman–Crippen MR) is 160 cm³/mol. The summed E-state index contributed by atoms with van der Waals surface area (Å²) in [5, 5.41) is 27.3. The molecule has 0 saturated carbocycles. The molecule has 0 amide bonds. The van der Waals surface area contributed by atoms with Gasteiger partial charge in [-0.2, -0.15) is 15.6 Å². The Labute approximate surface area is 242 Å². The Morgan fingerprint density at radius 3 is 2.62 bits per heavy atom. The van der Waals surface area contributed by atoms with Crippen LogP contribution in [0.2, 0.25) is 0 Å². The molecule has 10 heteroatoms. The van der Waals surface area contributed by atoms with Gasteiger partial charge in [-0.25, -0.2) is 8.42 Å². The second-order valence-corrected chi connectivity index (χ2v) is 13.6. The zero-order valence-electron chi connectivity index (χ0n) is 23.8. The summed E-state index contributed by atoms with van der Waals surface area (Å²) in [6.07, 6.45) is 2.94. The van der Waals surface area contributed by atoms with E-state index in [-0.39, 0.29) is 29.9 Å². The normalized spacial score (nSPS) is 13.1. The molecule has 0 spiro atoms. The zero-order chi connectivity index (χ0) is 29.3. The number of rotatable bonds is 16. The molecule has 2 heterocycles. The number of sulfonamides is 1. The molecule has 0 fully saturated rings. The lowest BCUT2D eigenvalue weighted by Crippen LogP contribution is -2.46. The van der Waals surface area contributed by atoms with Crippen LogP contribution in [0, 0.1) is 0 Å². The van der Waals surface area contributed by atoms with E-state index in [2.05, 4.69) is 41.0 Å². The van der Waals surface area contributed by atoms with Crippen LogP contribution in [0.15, 0.2) is 58.1 Å². The first-order chi connectivity index (χ1) is 18.9. The van der Waals surface area contributed by atoms with Gasteiger partial charge in [-0.05, 0) is 91.7 Å². The summed E-state index contributed by atoms with van der Waals surface area (Å²) in [6, 6.07) is 12.7. The van der Waals surface area contributed by atoms with Gasteiger partial charge in [0.05, 0.1) is 23.1 Å². The first kappa shape index (κ1) is 31.9. The van der Waals surface area contributed by atoms with E-state index in [1.165, 1.54) is 16.9 Å². The van der Waals surface area contributed by atoms with Gasteiger partial charge in [0.1, 0.15) is 0 Å². The van der Waals surface area contributed by atoms with Gasteiger partial charge in [-0.1, -0.05) is 19.1 Å². The van der Waals surface area contributed by atoms with Crippen LogP contribution in [0.5, 0.6) is 0 Å². The van der Waals surface area contributed by atoms with E-state index in [0.29, 0.717) is 29.8 Å². The van der Waals surface area contributed by atoms with Crippen molar-refractivity contribution in [3.63, 3.8) is 0 Å². The smallest absolute Gasteiger partial charge is 0.303 e. The van der Waals surface area contributed by atoms with Gasteiger partial charge in [0.2, 0.25) is 10.0 Å². The van der Waals surface area contributed by atoms with Crippen molar-refractivity contribution in [3.8, 4) is 11.3 Å². The number of carboxylic acids is 1. The number of pyridine rings is 1. The minimum absolute atomic E-state index is 0.00535. The Hall–Kier alpha value is -2.63. The van der Waals surface area contributed by atoms with Crippen molar-refractivity contribution < 1.29 is 23.4 Å². The molecule has 0 saturated heterocycles. The van der Waals surface area contributed by atoms with Crippen molar-refractivity contribution in [1.29, 1.82) is 0 Å². The van der Waals surface area contributed by atoms with E-state index < -0.39 is 22.1 Å². The maximum Gasteiger partial charge on any atom is 0.303 e. The number of hydrogen-bond donors (Lipinski definition) is 3. The first-order valence-electron chi connectivity index (χ1n) is 13.6. The molecule has 3 N–H and O–H groups in total. The summed E-state index contributed by atoms with van der Waals surface area (Å²) >= 11 is 1.70. The van der Waals surface area contributed by atoms with Crippen LogP contribution in [0.3, 0.4) is 0 Å². The molecule has 0 radical (unpaired) electrons. The highest BCUT2D eigenvalue weighted by Crippen LogP contribution is 2.27. The van der Waals surface area contributed by atoms with Gasteiger partial charge >= 0.3 is 5.97 Å². The van der Waals surface area contributed by atoms with Crippen molar-refractivity contribution >= 4 is 27.3 Å². The number of aromatic nitrogens is 1. The third-order valence-corrected chi connectivity index (χ3v) is 9.61. The third kappa shape index (κ3) is 9.21. The molecule has 2 aromatic heterocycles. The molecule has 0 unspecified atom stereocenters. The number of carboxylic acid groups (broad SMARTS) is 1. The Balaban J connectivity index is 1.62. The molecular weight excluding hydrogens is 546 g/mol. The first-order valence-corrected chi connectivity index (χ1v) is 16.0. The average Bonchev–Trinajstić information content (AvgIpc) is 3.44. The summed E-state index contributed by atoms with van der Waals surface area (Å²) in [4.78, 5) is 15.7. The quantitative estimate of drug-likeness (QED) is 0.221. The van der Waals surface area contributed by atoms with E-state index in [9.17, 15) is 18.3 Å². The number of carbonyl (C=O) groups is 1. The number of hydrogen-bond acceptors (Lipinski definition) is 7. The van der Waals surface area contributed by atoms with Crippen molar-refractivity contribution in [1.82, 2.24) is 14.6 Å². The number of nitrogens with one attached hydrogen (secondary N) is 1. The molecule has 218 valence electrons. The van der Waals surface area contributed by atoms with E-state index in [1.54, 1.807) is 29.5 Å². The van der Waals surface area contributed by atoms with Crippen LogP contribution in [-0.2, 0) is 34.1 Å². The predicted octanol–water partition coefficient (Wildman–Crippen LogP) is 4.76. The second kappa shape index (κ2) is 14.3.